The van der Waals surface area contributed by atoms with Crippen molar-refractivity contribution in [2.45, 2.75) is 52.0 Å². The number of carbonyl (C=O) groups excluding carboxylic acids is 1. The van der Waals surface area contributed by atoms with Crippen LogP contribution in [0.1, 0.15) is 30.8 Å². The second-order valence-corrected chi connectivity index (χ2v) is 14.1. The van der Waals surface area contributed by atoms with E-state index in [0.717, 1.165) is 39.5 Å². The fourth-order valence-electron chi connectivity index (χ4n) is 5.69. The van der Waals surface area contributed by atoms with Gasteiger partial charge in [-0.05, 0) is 66.5 Å². The molecule has 0 radical (unpaired) electrons. The number of likely N-dealkylation sites (N-methyl/N-ethyl adjacent to an activating group) is 1. The molecule has 0 fully saturated rings. The van der Waals surface area contributed by atoms with Crippen LogP contribution in [-0.4, -0.2) is 96.0 Å². The molecule has 4 N–H and O–H groups in total. The summed E-state index contributed by atoms with van der Waals surface area (Å²) in [6, 6.07) is 23.0. The second-order valence-electron chi connectivity index (χ2n) is 12.4. The Morgan fingerprint density at radius 2 is 1.51 bits per heavy atom. The average molecular weight is 799 g/mol. The van der Waals surface area contributed by atoms with Crippen LogP contribution in [-0.2, 0) is 40.3 Å². The third-order valence-electron chi connectivity index (χ3n) is 8.83. The molecular formula is C39H41ClF2N4O8S. The number of carboxylic acids is 2. The Kier molecular flexibility index (Phi) is 15.5. The highest BCUT2D eigenvalue weighted by molar-refractivity contribution is 7.19. The normalized spacial score (nSPS) is 12.2. The first-order valence-electron chi connectivity index (χ1n) is 17.3. The van der Waals surface area contributed by atoms with Crippen molar-refractivity contribution < 1.29 is 43.6 Å². The Balaban J connectivity index is 0.000000592. The van der Waals surface area contributed by atoms with Gasteiger partial charge in [-0.2, -0.15) is 4.98 Å². The van der Waals surface area contributed by atoms with Gasteiger partial charge in [0.05, 0.1) is 15.2 Å². The molecule has 0 saturated carbocycles. The number of carbonyl (C=O) groups is 3. The third-order valence-corrected chi connectivity index (χ3v) is 10.1. The minimum atomic E-state index is -2.27. The summed E-state index contributed by atoms with van der Waals surface area (Å²) in [6.45, 7) is 7.49. The molecule has 5 aromatic rings. The summed E-state index contributed by atoms with van der Waals surface area (Å²) in [4.78, 5) is 56.1. The molecule has 0 aliphatic heterocycles. The molecule has 2 aromatic heterocycles. The molecule has 0 bridgehead atoms. The zero-order valence-corrected chi connectivity index (χ0v) is 31.6. The number of aromatic nitrogens is 2. The predicted octanol–water partition coefficient (Wildman–Crippen LogP) is 5.09. The maximum Gasteiger partial charge on any atom is 0.335 e. The van der Waals surface area contributed by atoms with Gasteiger partial charge in [0, 0.05) is 30.9 Å². The van der Waals surface area contributed by atoms with Gasteiger partial charge in [0.25, 0.3) is 5.56 Å². The number of aliphatic hydroxyl groups is 2. The summed E-state index contributed by atoms with van der Waals surface area (Å²) in [5.74, 6) is -5.17. The lowest BCUT2D eigenvalue weighted by atomic mass is 10.1. The topological polar surface area (TPSA) is 174 Å². The lowest BCUT2D eigenvalue weighted by molar-refractivity contribution is -0.165. The highest BCUT2D eigenvalue weighted by Gasteiger charge is 2.29. The maximum atomic E-state index is 14.5. The number of halogens is 3. The largest absolute Gasteiger partial charge is 0.479 e. The molecule has 3 aromatic carbocycles. The van der Waals surface area contributed by atoms with Gasteiger partial charge in [-0.15, -0.1) is 11.3 Å². The van der Waals surface area contributed by atoms with E-state index in [2.05, 4.69) is 23.7 Å². The fourth-order valence-corrected chi connectivity index (χ4v) is 6.73. The average Bonchev–Trinajstić information content (AvgIpc) is 3.62. The first-order chi connectivity index (χ1) is 26.2. The minimum absolute atomic E-state index is 0.0568. The summed E-state index contributed by atoms with van der Waals surface area (Å²) >= 11 is 7.65. The molecule has 16 heteroatoms. The quantitative estimate of drug-likeness (QED) is 0.105. The molecule has 0 saturated heterocycles. The Morgan fingerprint density at radius 1 is 0.855 bits per heavy atom. The van der Waals surface area contributed by atoms with E-state index in [4.69, 9.17) is 32.0 Å². The van der Waals surface area contributed by atoms with Crippen LogP contribution in [0.2, 0.25) is 4.34 Å². The number of para-hydroxylation sites is 1. The number of aliphatic hydroxyl groups excluding tert-OH is 2. The predicted molar refractivity (Wildman–Crippen MR) is 205 cm³/mol. The number of rotatable bonds is 16. The van der Waals surface area contributed by atoms with Crippen molar-refractivity contribution in [3.8, 4) is 10.4 Å². The van der Waals surface area contributed by atoms with Gasteiger partial charge in [0.2, 0.25) is 5.91 Å². The summed E-state index contributed by atoms with van der Waals surface area (Å²) in [7, 11) is 0. The standard InChI is InChI=1S/C35H35ClF2N4O2S.C4H6O6/c1-3-40(4-2)20-21-41(22-24-12-14-25(15-13-24)30-17-18-31(36)45-30)33(43)23-42-29-11-6-5-9-27(29)35(44)39-32(42)19-16-26-8-7-10-28(37)34(26)38;5-1(3(7)8)2(6)4(9)10/h5-15,17-18H,3-4,16,19-23H2,1-2H3;1-2,5-6H,(H,7,8)(H,9,10)/t;1-,2-/m.1/s1. The van der Waals surface area contributed by atoms with Gasteiger partial charge in [-0.25, -0.2) is 18.4 Å². The molecule has 2 atom stereocenters. The Hall–Kier alpha value is -5.06. The highest BCUT2D eigenvalue weighted by atomic mass is 35.5. The van der Waals surface area contributed by atoms with Crippen LogP contribution in [0, 0.1) is 11.6 Å². The molecule has 292 valence electrons. The lowest BCUT2D eigenvalue weighted by Crippen LogP contribution is -2.40. The molecule has 55 heavy (non-hydrogen) atoms. The van der Waals surface area contributed by atoms with Crippen LogP contribution >= 0.6 is 22.9 Å². The van der Waals surface area contributed by atoms with E-state index in [-0.39, 0.29) is 30.9 Å². The SMILES string of the molecule is CCN(CC)CCN(Cc1ccc(-c2ccc(Cl)s2)cc1)C(=O)Cn1c(CCc2cccc(F)c2F)nc(=O)c2ccccc21.O=C(O)[C@H](O)[C@@H](O)C(=O)O. The number of aryl methyl sites for hydroxylation is 2. The third kappa shape index (κ3) is 11.5. The van der Waals surface area contributed by atoms with Crippen molar-refractivity contribution in [2.24, 2.45) is 0 Å². The van der Waals surface area contributed by atoms with Crippen molar-refractivity contribution in [3.05, 3.63) is 122 Å². The molecule has 12 nitrogen and oxygen atoms in total. The maximum absolute atomic E-state index is 14.5. The van der Waals surface area contributed by atoms with Crippen LogP contribution in [0.15, 0.2) is 83.7 Å². The summed E-state index contributed by atoms with van der Waals surface area (Å²) in [6.07, 6.45) is -4.26. The zero-order chi connectivity index (χ0) is 40.2. The van der Waals surface area contributed by atoms with Crippen LogP contribution in [0.5, 0.6) is 0 Å². The molecule has 0 unspecified atom stereocenters. The van der Waals surface area contributed by atoms with Crippen molar-refractivity contribution in [1.82, 2.24) is 19.4 Å². The number of hydrogen-bond acceptors (Lipinski definition) is 9. The first-order valence-corrected chi connectivity index (χ1v) is 18.5. The number of nitrogens with zero attached hydrogens (tertiary/aromatic N) is 4. The molecule has 0 aliphatic carbocycles. The van der Waals surface area contributed by atoms with E-state index in [0.29, 0.717) is 36.4 Å². The molecule has 0 aliphatic rings. The molecule has 5 rings (SSSR count). The molecule has 2 heterocycles. The van der Waals surface area contributed by atoms with Crippen molar-refractivity contribution in [2.75, 3.05) is 26.2 Å². The number of thiophene rings is 1. The Bertz CT molecular complexity index is 2140. The van der Waals surface area contributed by atoms with Gasteiger partial charge < -0.3 is 34.8 Å². The first kappa shape index (κ1) is 42.7. The summed E-state index contributed by atoms with van der Waals surface area (Å²) in [5.41, 5.74) is 2.38. The van der Waals surface area contributed by atoms with Crippen LogP contribution in [0.25, 0.3) is 21.3 Å². The van der Waals surface area contributed by atoms with Crippen LogP contribution in [0.4, 0.5) is 8.78 Å². The van der Waals surface area contributed by atoms with Gasteiger partial charge in [0.15, 0.2) is 23.8 Å². The van der Waals surface area contributed by atoms with Gasteiger partial charge in [0.1, 0.15) is 12.4 Å². The number of aliphatic carboxylic acids is 2. The van der Waals surface area contributed by atoms with Crippen molar-refractivity contribution in [3.63, 3.8) is 0 Å². The van der Waals surface area contributed by atoms with Crippen LogP contribution < -0.4 is 5.56 Å². The number of hydrogen-bond donors (Lipinski definition) is 4. The highest BCUT2D eigenvalue weighted by Crippen LogP contribution is 2.31. The Morgan fingerprint density at radius 3 is 2.11 bits per heavy atom. The van der Waals surface area contributed by atoms with Gasteiger partial charge >= 0.3 is 11.9 Å². The Labute approximate surface area is 324 Å². The number of amides is 1. The van der Waals surface area contributed by atoms with Gasteiger partial charge in [-0.3, -0.25) is 9.59 Å². The fraction of sp³-hybridized carbons (Fsp3) is 0.308. The van der Waals surface area contributed by atoms with E-state index in [9.17, 15) is 28.0 Å². The van der Waals surface area contributed by atoms with E-state index in [1.807, 2.05) is 41.3 Å². The van der Waals surface area contributed by atoms with E-state index in [1.165, 1.54) is 23.5 Å². The van der Waals surface area contributed by atoms with E-state index >= 15 is 0 Å². The van der Waals surface area contributed by atoms with Crippen molar-refractivity contribution in [1.29, 1.82) is 0 Å². The monoisotopic (exact) mass is 798 g/mol. The van der Waals surface area contributed by atoms with Crippen LogP contribution in [0.3, 0.4) is 0 Å². The minimum Gasteiger partial charge on any atom is -0.479 e. The molecule has 1 amide bonds. The molecule has 0 spiro atoms. The lowest BCUT2D eigenvalue weighted by Gasteiger charge is -2.28. The second kappa shape index (κ2) is 20.0. The van der Waals surface area contributed by atoms with Gasteiger partial charge in [-0.1, -0.05) is 74.0 Å². The number of carboxylic acid groups (broad SMARTS) is 2. The molecular weight excluding hydrogens is 758 g/mol. The van der Waals surface area contributed by atoms with E-state index in [1.54, 1.807) is 28.8 Å². The zero-order valence-electron chi connectivity index (χ0n) is 30.1. The number of fused-ring (bicyclic) bond motifs is 1. The summed E-state index contributed by atoms with van der Waals surface area (Å²) in [5, 5.41) is 32.9. The smallest absolute Gasteiger partial charge is 0.335 e. The summed E-state index contributed by atoms with van der Waals surface area (Å²) < 4.78 is 30.8. The van der Waals surface area contributed by atoms with E-state index < -0.39 is 41.3 Å². The number of benzene rings is 3. The van der Waals surface area contributed by atoms with Crippen molar-refractivity contribution >= 4 is 51.7 Å².